The molecule has 0 bridgehead atoms. The smallest absolute Gasteiger partial charge is 0.261 e. The Morgan fingerprint density at radius 2 is 1.86 bits per heavy atom. The van der Waals surface area contributed by atoms with Crippen LogP contribution in [-0.4, -0.2) is 24.1 Å². The molecule has 1 amide bonds. The van der Waals surface area contributed by atoms with Crippen molar-refractivity contribution in [2.24, 2.45) is 0 Å². The number of amides is 1. The first-order valence-electron chi connectivity index (χ1n) is 8.91. The number of ether oxygens (including phenoxy) is 2. The molecule has 28 heavy (non-hydrogen) atoms. The summed E-state index contributed by atoms with van der Waals surface area (Å²) in [4.78, 5) is 19.1. The Labute approximate surface area is 166 Å². The van der Waals surface area contributed by atoms with Gasteiger partial charge in [0.25, 0.3) is 5.91 Å². The van der Waals surface area contributed by atoms with Gasteiger partial charge in [0.05, 0.1) is 5.02 Å². The highest BCUT2D eigenvalue weighted by Gasteiger charge is 2.38. The Morgan fingerprint density at radius 1 is 1.04 bits per heavy atom. The lowest BCUT2D eigenvalue weighted by molar-refractivity contribution is 0.0992. The summed E-state index contributed by atoms with van der Waals surface area (Å²) in [5.41, 5.74) is 2.35. The monoisotopic (exact) mass is 393 g/mol. The Balaban J connectivity index is 1.54. The molecular formula is C21H16ClN3O3. The van der Waals surface area contributed by atoms with Crippen LogP contribution >= 0.6 is 11.6 Å². The summed E-state index contributed by atoms with van der Waals surface area (Å²) in [5, 5.41) is 3.96. The van der Waals surface area contributed by atoms with Gasteiger partial charge in [-0.25, -0.2) is 4.98 Å². The second kappa shape index (κ2) is 6.73. The number of fused-ring (bicyclic) bond motifs is 2. The molecule has 0 saturated carbocycles. The van der Waals surface area contributed by atoms with Crippen molar-refractivity contribution in [3.8, 4) is 11.5 Å². The van der Waals surface area contributed by atoms with Crippen molar-refractivity contribution in [2.45, 2.75) is 6.17 Å². The van der Waals surface area contributed by atoms with Crippen LogP contribution in [0.15, 0.2) is 60.8 Å². The largest absolute Gasteiger partial charge is 0.486 e. The van der Waals surface area contributed by atoms with Crippen molar-refractivity contribution < 1.29 is 14.3 Å². The molecule has 2 aliphatic rings. The van der Waals surface area contributed by atoms with Crippen molar-refractivity contribution in [1.29, 1.82) is 0 Å². The van der Waals surface area contributed by atoms with Crippen molar-refractivity contribution >= 4 is 29.0 Å². The summed E-state index contributed by atoms with van der Waals surface area (Å²) in [6, 6.07) is 16.7. The zero-order chi connectivity index (χ0) is 19.1. The van der Waals surface area contributed by atoms with E-state index in [1.165, 1.54) is 6.20 Å². The molecule has 1 N–H and O–H groups in total. The van der Waals surface area contributed by atoms with E-state index in [0.717, 1.165) is 17.0 Å². The van der Waals surface area contributed by atoms with Gasteiger partial charge in [-0.05, 0) is 30.3 Å². The third kappa shape index (κ3) is 2.82. The molecule has 2 aliphatic heterocycles. The molecule has 6 nitrogen and oxygen atoms in total. The van der Waals surface area contributed by atoms with E-state index < -0.39 is 6.17 Å². The maximum atomic E-state index is 13.1. The van der Waals surface area contributed by atoms with E-state index in [-0.39, 0.29) is 5.91 Å². The summed E-state index contributed by atoms with van der Waals surface area (Å²) < 4.78 is 11.3. The molecule has 0 radical (unpaired) electrons. The summed E-state index contributed by atoms with van der Waals surface area (Å²) in [6.07, 6.45) is 1.13. The maximum Gasteiger partial charge on any atom is 0.261 e. The second-order valence-corrected chi connectivity index (χ2v) is 6.94. The quantitative estimate of drug-likeness (QED) is 0.719. The second-order valence-electron chi connectivity index (χ2n) is 6.50. The topological polar surface area (TPSA) is 63.7 Å². The molecule has 7 heteroatoms. The van der Waals surface area contributed by atoms with Crippen LogP contribution in [0, 0.1) is 0 Å². The van der Waals surface area contributed by atoms with Crippen LogP contribution in [0.1, 0.15) is 22.1 Å². The number of carbonyl (C=O) groups excluding carboxylic acids is 1. The van der Waals surface area contributed by atoms with Crippen LogP contribution in [0.5, 0.6) is 11.5 Å². The van der Waals surface area contributed by atoms with E-state index in [9.17, 15) is 4.79 Å². The molecule has 3 heterocycles. The third-order valence-corrected chi connectivity index (χ3v) is 4.99. The highest BCUT2D eigenvalue weighted by Crippen LogP contribution is 2.39. The minimum Gasteiger partial charge on any atom is -0.486 e. The fraction of sp³-hybridized carbons (Fsp3) is 0.143. The average molecular weight is 394 g/mol. The zero-order valence-corrected chi connectivity index (χ0v) is 15.5. The van der Waals surface area contributed by atoms with Crippen LogP contribution in [0.25, 0.3) is 0 Å². The molecule has 1 atom stereocenters. The lowest BCUT2D eigenvalue weighted by atomic mass is 10.1. The average Bonchev–Trinajstić information content (AvgIpc) is 3.01. The predicted molar refractivity (Wildman–Crippen MR) is 106 cm³/mol. The van der Waals surface area contributed by atoms with Crippen LogP contribution in [-0.2, 0) is 0 Å². The van der Waals surface area contributed by atoms with Crippen molar-refractivity contribution in [3.05, 3.63) is 76.9 Å². The highest BCUT2D eigenvalue weighted by molar-refractivity contribution is 6.30. The summed E-state index contributed by atoms with van der Waals surface area (Å²) in [7, 11) is 0. The van der Waals surface area contributed by atoms with Crippen LogP contribution in [0.3, 0.4) is 0 Å². The van der Waals surface area contributed by atoms with Gasteiger partial charge in [-0.15, -0.1) is 0 Å². The van der Waals surface area contributed by atoms with Gasteiger partial charge in [-0.3, -0.25) is 9.69 Å². The molecule has 0 unspecified atom stereocenters. The van der Waals surface area contributed by atoms with Crippen LogP contribution in [0.2, 0.25) is 5.02 Å². The molecule has 0 spiro atoms. The van der Waals surface area contributed by atoms with Gasteiger partial charge in [0.2, 0.25) is 0 Å². The summed E-state index contributed by atoms with van der Waals surface area (Å²) in [6.45, 7) is 1.06. The molecule has 5 rings (SSSR count). The lowest BCUT2D eigenvalue weighted by Gasteiger charge is -2.27. The Hall–Kier alpha value is -3.25. The molecule has 0 saturated heterocycles. The minimum absolute atomic E-state index is 0.111. The number of nitrogens with one attached hydrogen (secondary N) is 1. The van der Waals surface area contributed by atoms with Crippen molar-refractivity contribution in [3.63, 3.8) is 0 Å². The number of aromatic nitrogens is 1. The first-order chi connectivity index (χ1) is 13.7. The van der Waals surface area contributed by atoms with E-state index >= 15 is 0 Å². The number of benzene rings is 2. The zero-order valence-electron chi connectivity index (χ0n) is 14.8. The molecule has 3 aromatic rings. The van der Waals surface area contributed by atoms with E-state index in [0.29, 0.717) is 35.4 Å². The Bertz CT molecular complexity index is 1060. The van der Waals surface area contributed by atoms with Gasteiger partial charge in [0, 0.05) is 29.1 Å². The molecule has 2 aromatic carbocycles. The molecular weight excluding hydrogens is 378 g/mol. The normalized spacial score (nSPS) is 17.4. The van der Waals surface area contributed by atoms with Crippen molar-refractivity contribution in [2.75, 3.05) is 23.4 Å². The predicted octanol–water partition coefficient (Wildman–Crippen LogP) is 4.28. The molecule has 140 valence electrons. The number of rotatable bonds is 3. The van der Waals surface area contributed by atoms with Gasteiger partial charge in [0.1, 0.15) is 25.2 Å². The number of carbonyl (C=O) groups is 1. The molecule has 0 fully saturated rings. The van der Waals surface area contributed by atoms with Crippen molar-refractivity contribution in [1.82, 2.24) is 4.98 Å². The molecule has 1 aromatic heterocycles. The first-order valence-corrected chi connectivity index (χ1v) is 9.29. The number of pyridine rings is 1. The highest BCUT2D eigenvalue weighted by atomic mass is 35.5. The van der Waals surface area contributed by atoms with Gasteiger partial charge < -0.3 is 14.8 Å². The maximum absolute atomic E-state index is 13.1. The Kier molecular flexibility index (Phi) is 4.06. The Morgan fingerprint density at radius 3 is 2.68 bits per heavy atom. The van der Waals surface area contributed by atoms with Gasteiger partial charge in [0.15, 0.2) is 11.5 Å². The SMILES string of the molecule is O=C1c2ccccc2[C@H](Nc2ccc3c(c2)OCCO3)N1c1ccc(Cl)cn1. The summed E-state index contributed by atoms with van der Waals surface area (Å²) >= 11 is 5.97. The van der Waals surface area contributed by atoms with Crippen LogP contribution < -0.4 is 19.7 Å². The number of anilines is 2. The van der Waals surface area contributed by atoms with Gasteiger partial charge in [-0.2, -0.15) is 0 Å². The van der Waals surface area contributed by atoms with Crippen LogP contribution in [0.4, 0.5) is 11.5 Å². The number of halogens is 1. The fourth-order valence-corrected chi connectivity index (χ4v) is 3.61. The van der Waals surface area contributed by atoms with Gasteiger partial charge in [-0.1, -0.05) is 29.8 Å². The van der Waals surface area contributed by atoms with E-state index in [2.05, 4.69) is 10.3 Å². The van der Waals surface area contributed by atoms with E-state index in [1.54, 1.807) is 17.0 Å². The standard InChI is InChI=1S/C21H16ClN3O3/c22-13-5-8-19(23-12-13)25-20(15-3-1-2-4-16(15)21(25)26)24-14-6-7-17-18(11-14)28-10-9-27-17/h1-8,11-12,20,24H,9-10H2/t20-/m1/s1. The summed E-state index contributed by atoms with van der Waals surface area (Å²) in [5.74, 6) is 1.82. The number of hydrogen-bond acceptors (Lipinski definition) is 5. The third-order valence-electron chi connectivity index (χ3n) is 4.77. The van der Waals surface area contributed by atoms with E-state index in [1.807, 2.05) is 42.5 Å². The number of nitrogens with zero attached hydrogens (tertiary/aromatic N) is 2. The first kappa shape index (κ1) is 16.9. The number of hydrogen-bond donors (Lipinski definition) is 1. The fourth-order valence-electron chi connectivity index (χ4n) is 3.50. The minimum atomic E-state index is -0.403. The molecule has 0 aliphatic carbocycles. The van der Waals surface area contributed by atoms with E-state index in [4.69, 9.17) is 21.1 Å². The lowest BCUT2D eigenvalue weighted by Crippen LogP contribution is -2.33. The van der Waals surface area contributed by atoms with Gasteiger partial charge >= 0.3 is 0 Å².